The summed E-state index contributed by atoms with van der Waals surface area (Å²) in [6.45, 7) is 7.95. The Bertz CT molecular complexity index is 681. The number of hydrogen-bond acceptors (Lipinski definition) is 3. The van der Waals surface area contributed by atoms with Crippen molar-refractivity contribution in [3.8, 4) is 0 Å². The second-order valence-electron chi connectivity index (χ2n) is 7.04. The van der Waals surface area contributed by atoms with Crippen LogP contribution >= 0.6 is 0 Å². The molecule has 1 saturated heterocycles. The zero-order valence-electron chi connectivity index (χ0n) is 16.9. The van der Waals surface area contributed by atoms with Gasteiger partial charge in [0.25, 0.3) is 5.91 Å². The first kappa shape index (κ1) is 21.9. The van der Waals surface area contributed by atoms with Crippen LogP contribution in [0.5, 0.6) is 0 Å². The third-order valence-electron chi connectivity index (χ3n) is 5.40. The number of amides is 3. The molecule has 1 aliphatic heterocycles. The predicted molar refractivity (Wildman–Crippen MR) is 105 cm³/mol. The van der Waals surface area contributed by atoms with Gasteiger partial charge in [-0.1, -0.05) is 6.92 Å². The first-order valence-corrected chi connectivity index (χ1v) is 10.0. The molecule has 1 unspecified atom stereocenters. The molecule has 0 radical (unpaired) electrons. The summed E-state index contributed by atoms with van der Waals surface area (Å²) >= 11 is 0. The molecule has 7 heteroatoms. The van der Waals surface area contributed by atoms with Crippen molar-refractivity contribution < 1.29 is 18.8 Å². The van der Waals surface area contributed by atoms with Crippen LogP contribution in [0.2, 0.25) is 0 Å². The van der Waals surface area contributed by atoms with Crippen molar-refractivity contribution >= 4 is 17.7 Å². The smallest absolute Gasteiger partial charge is 0.251 e. The van der Waals surface area contributed by atoms with Gasteiger partial charge in [-0.15, -0.1) is 0 Å². The van der Waals surface area contributed by atoms with Gasteiger partial charge in [0, 0.05) is 38.2 Å². The Morgan fingerprint density at radius 2 is 1.68 bits per heavy atom. The number of piperidine rings is 1. The van der Waals surface area contributed by atoms with Crippen molar-refractivity contribution in [2.45, 2.75) is 46.1 Å². The molecule has 0 spiro atoms. The minimum absolute atomic E-state index is 0.0431. The lowest BCUT2D eigenvalue weighted by Crippen LogP contribution is -2.54. The maximum absolute atomic E-state index is 13.1. The molecule has 1 aliphatic rings. The molecule has 28 heavy (non-hydrogen) atoms. The van der Waals surface area contributed by atoms with Crippen molar-refractivity contribution in [2.75, 3.05) is 26.2 Å². The van der Waals surface area contributed by atoms with Crippen molar-refractivity contribution in [2.24, 2.45) is 5.92 Å². The third kappa shape index (κ3) is 5.30. The largest absolute Gasteiger partial charge is 0.343 e. The molecule has 154 valence electrons. The van der Waals surface area contributed by atoms with Gasteiger partial charge in [-0.3, -0.25) is 14.4 Å². The number of nitrogens with zero attached hydrogens (tertiary/aromatic N) is 2. The molecule has 6 nitrogen and oxygen atoms in total. The van der Waals surface area contributed by atoms with E-state index in [1.807, 2.05) is 25.7 Å². The molecule has 1 aromatic carbocycles. The van der Waals surface area contributed by atoms with Crippen LogP contribution in [0.1, 0.15) is 50.4 Å². The van der Waals surface area contributed by atoms with Crippen LogP contribution in [-0.4, -0.2) is 59.7 Å². The second kappa shape index (κ2) is 10.2. The predicted octanol–water partition coefficient (Wildman–Crippen LogP) is 2.44. The first-order valence-electron chi connectivity index (χ1n) is 10.0. The van der Waals surface area contributed by atoms with Crippen LogP contribution in [0.15, 0.2) is 24.3 Å². The highest BCUT2D eigenvalue weighted by Gasteiger charge is 2.35. The summed E-state index contributed by atoms with van der Waals surface area (Å²) in [4.78, 5) is 41.2. The molecular formula is C21H30FN3O3. The number of benzene rings is 1. The molecule has 0 saturated carbocycles. The number of nitrogens with one attached hydrogen (secondary N) is 1. The molecule has 1 fully saturated rings. The van der Waals surface area contributed by atoms with E-state index in [9.17, 15) is 18.8 Å². The number of rotatable bonds is 7. The van der Waals surface area contributed by atoms with Gasteiger partial charge in [0.15, 0.2) is 0 Å². The fourth-order valence-electron chi connectivity index (χ4n) is 3.64. The van der Waals surface area contributed by atoms with Gasteiger partial charge in [0.2, 0.25) is 11.8 Å². The maximum Gasteiger partial charge on any atom is 0.251 e. The Hall–Kier alpha value is -2.44. The molecule has 0 bridgehead atoms. The maximum atomic E-state index is 13.1. The Balaban J connectivity index is 2.15. The second-order valence-corrected chi connectivity index (χ2v) is 7.04. The molecule has 1 N–H and O–H groups in total. The summed E-state index contributed by atoms with van der Waals surface area (Å²) in [7, 11) is 0. The average molecular weight is 391 g/mol. The van der Waals surface area contributed by atoms with Crippen molar-refractivity contribution in [1.82, 2.24) is 15.1 Å². The van der Waals surface area contributed by atoms with Crippen molar-refractivity contribution in [1.29, 1.82) is 0 Å². The molecule has 1 heterocycles. The fourth-order valence-corrected chi connectivity index (χ4v) is 3.64. The zero-order chi connectivity index (χ0) is 20.7. The summed E-state index contributed by atoms with van der Waals surface area (Å²) in [5.41, 5.74) is 0.317. The molecule has 0 aliphatic carbocycles. The summed E-state index contributed by atoms with van der Waals surface area (Å²) < 4.78 is 13.1. The van der Waals surface area contributed by atoms with E-state index in [1.54, 1.807) is 4.90 Å². The van der Waals surface area contributed by atoms with Crippen molar-refractivity contribution in [3.63, 3.8) is 0 Å². The lowest BCUT2D eigenvalue weighted by Gasteiger charge is -2.37. The Labute approximate surface area is 166 Å². The summed E-state index contributed by atoms with van der Waals surface area (Å²) in [5, 5.41) is 2.87. The number of hydrogen-bond donors (Lipinski definition) is 1. The zero-order valence-corrected chi connectivity index (χ0v) is 16.9. The Kier molecular flexibility index (Phi) is 7.96. The monoisotopic (exact) mass is 391 g/mol. The van der Waals surface area contributed by atoms with Crippen LogP contribution in [0, 0.1) is 11.7 Å². The number of likely N-dealkylation sites (tertiary alicyclic amines) is 1. The minimum Gasteiger partial charge on any atom is -0.343 e. The van der Waals surface area contributed by atoms with Gasteiger partial charge < -0.3 is 15.1 Å². The first-order chi connectivity index (χ1) is 13.4. The molecule has 1 aromatic rings. The van der Waals surface area contributed by atoms with E-state index in [2.05, 4.69) is 5.32 Å². The molecular weight excluding hydrogens is 361 g/mol. The van der Waals surface area contributed by atoms with E-state index in [4.69, 9.17) is 0 Å². The highest BCUT2D eigenvalue weighted by Crippen LogP contribution is 2.23. The quantitative estimate of drug-likeness (QED) is 0.776. The van der Waals surface area contributed by atoms with E-state index in [1.165, 1.54) is 24.3 Å². The minimum atomic E-state index is -0.656. The normalized spacial score (nSPS) is 15.8. The van der Waals surface area contributed by atoms with Crippen LogP contribution in [0.3, 0.4) is 0 Å². The van der Waals surface area contributed by atoms with Crippen LogP contribution < -0.4 is 5.32 Å². The van der Waals surface area contributed by atoms with E-state index < -0.39 is 17.8 Å². The van der Waals surface area contributed by atoms with E-state index >= 15 is 0 Å². The number of halogens is 1. The van der Waals surface area contributed by atoms with Gasteiger partial charge in [0.1, 0.15) is 11.9 Å². The van der Waals surface area contributed by atoms with E-state index in [0.717, 1.165) is 0 Å². The average Bonchev–Trinajstić information content (AvgIpc) is 2.72. The van der Waals surface area contributed by atoms with Crippen LogP contribution in [0.4, 0.5) is 4.39 Å². The Morgan fingerprint density at radius 3 is 2.18 bits per heavy atom. The SMILES string of the molecule is CCC(=O)N1CCC(C(NC(=O)c2ccc(F)cc2)C(=O)N(CC)CC)CC1. The van der Waals surface area contributed by atoms with Crippen LogP contribution in [0.25, 0.3) is 0 Å². The summed E-state index contributed by atoms with van der Waals surface area (Å²) in [6, 6.07) is 4.62. The number of likely N-dealkylation sites (N-methyl/N-ethyl adjacent to an activating group) is 1. The molecule has 3 amide bonds. The molecule has 0 aromatic heterocycles. The van der Waals surface area contributed by atoms with Gasteiger partial charge in [-0.25, -0.2) is 4.39 Å². The van der Waals surface area contributed by atoms with Gasteiger partial charge in [0.05, 0.1) is 0 Å². The van der Waals surface area contributed by atoms with E-state index in [0.29, 0.717) is 51.0 Å². The Morgan fingerprint density at radius 1 is 1.11 bits per heavy atom. The summed E-state index contributed by atoms with van der Waals surface area (Å²) in [5.74, 6) is -0.850. The number of carbonyl (C=O) groups is 3. The fraction of sp³-hybridized carbons (Fsp3) is 0.571. The highest BCUT2D eigenvalue weighted by atomic mass is 19.1. The molecule has 1 atom stereocenters. The van der Waals surface area contributed by atoms with Crippen LogP contribution in [-0.2, 0) is 9.59 Å². The highest BCUT2D eigenvalue weighted by molar-refractivity contribution is 5.97. The third-order valence-corrected chi connectivity index (χ3v) is 5.40. The molecule has 2 rings (SSSR count). The van der Waals surface area contributed by atoms with Gasteiger partial charge in [-0.2, -0.15) is 0 Å². The standard InChI is InChI=1S/C21H30FN3O3/c1-4-18(26)25-13-11-15(12-14-25)19(21(28)24(5-2)6-3)23-20(27)16-7-9-17(22)10-8-16/h7-10,15,19H,4-6,11-14H2,1-3H3,(H,23,27). The lowest BCUT2D eigenvalue weighted by atomic mass is 9.88. The number of carbonyl (C=O) groups excluding carboxylic acids is 3. The van der Waals surface area contributed by atoms with Crippen molar-refractivity contribution in [3.05, 3.63) is 35.6 Å². The summed E-state index contributed by atoms with van der Waals surface area (Å²) in [6.07, 6.45) is 1.79. The van der Waals surface area contributed by atoms with Gasteiger partial charge >= 0.3 is 0 Å². The lowest BCUT2D eigenvalue weighted by molar-refractivity contribution is -0.135. The topological polar surface area (TPSA) is 69.7 Å². The van der Waals surface area contributed by atoms with Gasteiger partial charge in [-0.05, 0) is 56.9 Å². The van der Waals surface area contributed by atoms with E-state index in [-0.39, 0.29) is 17.7 Å².